The van der Waals surface area contributed by atoms with Crippen LogP contribution in [0.3, 0.4) is 0 Å². The number of ether oxygens (including phenoxy) is 2. The number of hydrogen-bond acceptors (Lipinski definition) is 2. The first-order valence-electron chi connectivity index (χ1n) is 3.50. The highest BCUT2D eigenvalue weighted by Crippen LogP contribution is 2.26. The second-order valence-electron chi connectivity index (χ2n) is 3.09. The highest BCUT2D eigenvalue weighted by atomic mass is 127. The van der Waals surface area contributed by atoms with E-state index in [0.29, 0.717) is 0 Å². The van der Waals surface area contributed by atoms with Gasteiger partial charge in [-0.15, -0.1) is 0 Å². The van der Waals surface area contributed by atoms with E-state index >= 15 is 0 Å². The molecule has 1 heterocycles. The third kappa shape index (κ3) is 3.16. The summed E-state index contributed by atoms with van der Waals surface area (Å²) in [6.45, 7) is 5.88. The first-order chi connectivity index (χ1) is 4.58. The molecule has 1 saturated heterocycles. The van der Waals surface area contributed by atoms with E-state index in [0.717, 1.165) is 19.6 Å². The molecule has 0 N–H and O–H groups in total. The van der Waals surface area contributed by atoms with Crippen molar-refractivity contribution in [1.29, 1.82) is 0 Å². The normalized spacial score (nSPS) is 21.9. The Morgan fingerprint density at radius 1 is 1.40 bits per heavy atom. The Kier molecular flexibility index (Phi) is 2.94. The predicted molar refractivity (Wildman–Crippen MR) is 48.4 cm³/mol. The lowest BCUT2D eigenvalue weighted by Crippen LogP contribution is -2.20. The van der Waals surface area contributed by atoms with Crippen molar-refractivity contribution in [3.8, 4) is 0 Å². The van der Waals surface area contributed by atoms with Gasteiger partial charge in [0.2, 0.25) is 0 Å². The molecule has 0 aliphatic carbocycles. The lowest BCUT2D eigenvalue weighted by Gasteiger charge is -2.19. The zero-order valence-electron chi connectivity index (χ0n) is 6.39. The van der Waals surface area contributed by atoms with Gasteiger partial charge >= 0.3 is 0 Å². The molecule has 0 spiro atoms. The average molecular weight is 256 g/mol. The van der Waals surface area contributed by atoms with Gasteiger partial charge in [-0.25, -0.2) is 0 Å². The van der Waals surface area contributed by atoms with E-state index in [1.807, 2.05) is 0 Å². The molecule has 1 fully saturated rings. The van der Waals surface area contributed by atoms with Crippen LogP contribution in [-0.2, 0) is 9.47 Å². The molecule has 0 amide bonds. The number of hydrogen-bond donors (Lipinski definition) is 0. The summed E-state index contributed by atoms with van der Waals surface area (Å²) in [5.74, 6) is 0. The van der Waals surface area contributed by atoms with E-state index in [9.17, 15) is 0 Å². The molecule has 10 heavy (non-hydrogen) atoms. The molecule has 1 aliphatic rings. The Bertz CT molecular complexity index is 103. The van der Waals surface area contributed by atoms with Crippen LogP contribution < -0.4 is 0 Å². The summed E-state index contributed by atoms with van der Waals surface area (Å²) in [4.78, 5) is 0. The van der Waals surface area contributed by atoms with E-state index in [1.165, 1.54) is 0 Å². The maximum absolute atomic E-state index is 5.30. The molecule has 0 aromatic rings. The molecule has 0 bridgehead atoms. The minimum atomic E-state index is 0.0481. The molecule has 0 saturated carbocycles. The Morgan fingerprint density at radius 2 is 1.90 bits per heavy atom. The van der Waals surface area contributed by atoms with Gasteiger partial charge in [0.15, 0.2) is 6.29 Å². The van der Waals surface area contributed by atoms with Crippen molar-refractivity contribution in [1.82, 2.24) is 0 Å². The zero-order chi connectivity index (χ0) is 7.61. The van der Waals surface area contributed by atoms with Crippen molar-refractivity contribution in [3.63, 3.8) is 0 Å². The fourth-order valence-electron chi connectivity index (χ4n) is 0.921. The van der Waals surface area contributed by atoms with E-state index in [2.05, 4.69) is 36.4 Å². The molecule has 60 valence electrons. The molecular weight excluding hydrogens is 243 g/mol. The van der Waals surface area contributed by atoms with Crippen LogP contribution in [0.25, 0.3) is 0 Å². The summed E-state index contributed by atoms with van der Waals surface area (Å²) >= 11 is 2.41. The third-order valence-corrected chi connectivity index (χ3v) is 1.78. The largest absolute Gasteiger partial charge is 0.350 e. The molecule has 0 radical (unpaired) electrons. The minimum Gasteiger partial charge on any atom is -0.350 e. The van der Waals surface area contributed by atoms with E-state index in [-0.39, 0.29) is 9.71 Å². The fourth-order valence-corrected chi connectivity index (χ4v) is 1.28. The van der Waals surface area contributed by atoms with Gasteiger partial charge in [0.25, 0.3) is 0 Å². The Hall–Kier alpha value is 0.650. The summed E-state index contributed by atoms with van der Waals surface area (Å²) in [6, 6.07) is 0. The van der Waals surface area contributed by atoms with Crippen molar-refractivity contribution < 1.29 is 9.47 Å². The van der Waals surface area contributed by atoms with Gasteiger partial charge in [-0.2, -0.15) is 0 Å². The molecule has 2 nitrogen and oxygen atoms in total. The molecule has 1 aliphatic heterocycles. The van der Waals surface area contributed by atoms with Crippen LogP contribution in [0.1, 0.15) is 20.3 Å². The Labute approximate surface area is 75.4 Å². The summed E-state index contributed by atoms with van der Waals surface area (Å²) < 4.78 is 10.9. The van der Waals surface area contributed by atoms with Crippen molar-refractivity contribution in [2.45, 2.75) is 30.0 Å². The van der Waals surface area contributed by atoms with Gasteiger partial charge in [0.1, 0.15) is 0 Å². The van der Waals surface area contributed by atoms with Crippen LogP contribution >= 0.6 is 22.6 Å². The van der Waals surface area contributed by atoms with E-state index < -0.39 is 0 Å². The minimum absolute atomic E-state index is 0.0481. The molecule has 0 unspecified atom stereocenters. The van der Waals surface area contributed by atoms with Crippen molar-refractivity contribution >= 4 is 22.6 Å². The van der Waals surface area contributed by atoms with Crippen LogP contribution in [0.5, 0.6) is 0 Å². The van der Waals surface area contributed by atoms with Crippen LogP contribution in [0.15, 0.2) is 0 Å². The summed E-state index contributed by atoms with van der Waals surface area (Å²) in [5.41, 5.74) is 0. The van der Waals surface area contributed by atoms with E-state index in [4.69, 9.17) is 9.47 Å². The van der Waals surface area contributed by atoms with Gasteiger partial charge in [-0.3, -0.25) is 0 Å². The standard InChI is InChI=1S/C7H13IO2/c1-7(2,8)5-6-9-3-4-10-6/h6H,3-5H2,1-2H3. The highest BCUT2D eigenvalue weighted by molar-refractivity contribution is 14.1. The quantitative estimate of drug-likeness (QED) is 0.555. The van der Waals surface area contributed by atoms with E-state index in [1.54, 1.807) is 0 Å². The second kappa shape index (κ2) is 3.36. The highest BCUT2D eigenvalue weighted by Gasteiger charge is 2.24. The smallest absolute Gasteiger partial charge is 0.159 e. The fraction of sp³-hybridized carbons (Fsp3) is 1.00. The molecule has 0 aromatic heterocycles. The van der Waals surface area contributed by atoms with Crippen LogP contribution in [-0.4, -0.2) is 22.9 Å². The van der Waals surface area contributed by atoms with Gasteiger partial charge < -0.3 is 9.47 Å². The first-order valence-corrected chi connectivity index (χ1v) is 4.58. The monoisotopic (exact) mass is 256 g/mol. The molecule has 1 rings (SSSR count). The van der Waals surface area contributed by atoms with Crippen molar-refractivity contribution in [3.05, 3.63) is 0 Å². The van der Waals surface area contributed by atoms with Gasteiger partial charge in [0.05, 0.1) is 13.2 Å². The summed E-state index contributed by atoms with van der Waals surface area (Å²) in [5, 5.41) is 0. The first kappa shape index (κ1) is 8.74. The maximum atomic E-state index is 5.30. The number of rotatable bonds is 2. The summed E-state index contributed by atoms with van der Waals surface area (Å²) in [6.07, 6.45) is 1.03. The van der Waals surface area contributed by atoms with Crippen LogP contribution in [0.4, 0.5) is 0 Å². The molecular formula is C7H13IO2. The zero-order valence-corrected chi connectivity index (χ0v) is 8.55. The van der Waals surface area contributed by atoms with Gasteiger partial charge in [-0.05, 0) is 0 Å². The number of halogens is 1. The third-order valence-electron chi connectivity index (χ3n) is 1.34. The second-order valence-corrected chi connectivity index (χ2v) is 6.01. The average Bonchev–Trinajstić information content (AvgIpc) is 2.12. The molecule has 0 atom stereocenters. The SMILES string of the molecule is CC(C)(I)CC1OCCO1. The Balaban J connectivity index is 2.24. The van der Waals surface area contributed by atoms with Gasteiger partial charge in [-0.1, -0.05) is 36.4 Å². The predicted octanol–water partition coefficient (Wildman–Crippen LogP) is 1.96. The van der Waals surface area contributed by atoms with Gasteiger partial charge in [0, 0.05) is 9.84 Å². The van der Waals surface area contributed by atoms with Crippen molar-refractivity contribution in [2.75, 3.05) is 13.2 Å². The van der Waals surface area contributed by atoms with Crippen LogP contribution in [0, 0.1) is 0 Å². The number of alkyl halides is 1. The van der Waals surface area contributed by atoms with Crippen LogP contribution in [0.2, 0.25) is 0 Å². The maximum Gasteiger partial charge on any atom is 0.159 e. The lowest BCUT2D eigenvalue weighted by molar-refractivity contribution is -0.0500. The molecule has 3 heteroatoms. The lowest BCUT2D eigenvalue weighted by atomic mass is 10.1. The van der Waals surface area contributed by atoms with Crippen molar-refractivity contribution in [2.24, 2.45) is 0 Å². The molecule has 0 aromatic carbocycles. The topological polar surface area (TPSA) is 18.5 Å². The summed E-state index contributed by atoms with van der Waals surface area (Å²) in [7, 11) is 0. The Morgan fingerprint density at radius 3 is 2.30 bits per heavy atom.